The minimum absolute atomic E-state index is 0. The SMILES string of the molecule is CN(C)c1cccc2c1C1CC=CC(C1)C2Cl.Cl. The van der Waals surface area contributed by atoms with Crippen molar-refractivity contribution in [3.8, 4) is 0 Å². The van der Waals surface area contributed by atoms with Gasteiger partial charge in [-0.1, -0.05) is 24.3 Å². The summed E-state index contributed by atoms with van der Waals surface area (Å²) in [5.41, 5.74) is 4.17. The molecule has 3 heteroatoms. The lowest BCUT2D eigenvalue weighted by molar-refractivity contribution is 0.439. The molecule has 3 unspecified atom stereocenters. The fraction of sp³-hybridized carbons (Fsp3) is 0.467. The van der Waals surface area contributed by atoms with Crippen molar-refractivity contribution in [3.05, 3.63) is 41.5 Å². The van der Waals surface area contributed by atoms with Crippen molar-refractivity contribution < 1.29 is 0 Å². The molecule has 2 aliphatic rings. The van der Waals surface area contributed by atoms with Gasteiger partial charge in [-0.15, -0.1) is 24.0 Å². The summed E-state index contributed by atoms with van der Waals surface area (Å²) in [6.45, 7) is 0. The molecule has 0 N–H and O–H groups in total. The number of alkyl halides is 1. The first kappa shape index (κ1) is 13.8. The molecule has 0 saturated carbocycles. The number of hydrogen-bond donors (Lipinski definition) is 0. The van der Waals surface area contributed by atoms with Gasteiger partial charge in [0.05, 0.1) is 5.38 Å². The molecule has 0 heterocycles. The highest BCUT2D eigenvalue weighted by molar-refractivity contribution is 6.21. The molecular formula is C15H19Cl2N. The quantitative estimate of drug-likeness (QED) is 0.541. The minimum atomic E-state index is 0. The summed E-state index contributed by atoms with van der Waals surface area (Å²) in [7, 11) is 4.23. The van der Waals surface area contributed by atoms with Crippen LogP contribution in [0, 0.1) is 5.92 Å². The van der Waals surface area contributed by atoms with Crippen molar-refractivity contribution in [1.29, 1.82) is 0 Å². The van der Waals surface area contributed by atoms with Gasteiger partial charge in [-0.2, -0.15) is 0 Å². The zero-order valence-corrected chi connectivity index (χ0v) is 12.3. The van der Waals surface area contributed by atoms with Gasteiger partial charge < -0.3 is 4.90 Å². The van der Waals surface area contributed by atoms with Crippen molar-refractivity contribution >= 4 is 29.7 Å². The van der Waals surface area contributed by atoms with Gasteiger partial charge in [0.1, 0.15) is 0 Å². The first-order valence-electron chi connectivity index (χ1n) is 6.29. The maximum Gasteiger partial charge on any atom is 0.0651 e. The van der Waals surface area contributed by atoms with Crippen LogP contribution < -0.4 is 4.90 Å². The van der Waals surface area contributed by atoms with Gasteiger partial charge in [0.15, 0.2) is 0 Å². The van der Waals surface area contributed by atoms with Gasteiger partial charge in [0.2, 0.25) is 0 Å². The molecule has 3 rings (SSSR count). The lowest BCUT2D eigenvalue weighted by atomic mass is 9.71. The second-order valence-electron chi connectivity index (χ2n) is 5.34. The number of halogens is 2. The number of hydrogen-bond acceptors (Lipinski definition) is 1. The van der Waals surface area contributed by atoms with E-state index in [2.05, 4.69) is 49.3 Å². The monoisotopic (exact) mass is 283 g/mol. The zero-order chi connectivity index (χ0) is 12.0. The Kier molecular flexibility index (Phi) is 3.93. The standard InChI is InChI=1S/C15H18ClN.ClH/c1-17(2)13-8-4-7-12-14(13)10-5-3-6-11(9-10)15(12)16;/h3-4,6-8,10-11,15H,5,9H2,1-2H3;1H. The van der Waals surface area contributed by atoms with E-state index in [0.29, 0.717) is 11.8 Å². The summed E-state index contributed by atoms with van der Waals surface area (Å²) in [5.74, 6) is 1.19. The van der Waals surface area contributed by atoms with E-state index >= 15 is 0 Å². The van der Waals surface area contributed by atoms with E-state index in [1.54, 1.807) is 0 Å². The zero-order valence-electron chi connectivity index (χ0n) is 10.8. The van der Waals surface area contributed by atoms with Crippen LogP contribution in [0.3, 0.4) is 0 Å². The van der Waals surface area contributed by atoms with E-state index in [4.69, 9.17) is 11.6 Å². The average Bonchev–Trinajstić information content (AvgIpc) is 2.36. The summed E-state index contributed by atoms with van der Waals surface area (Å²) in [6.07, 6.45) is 6.99. The van der Waals surface area contributed by atoms with Crippen LogP contribution in [0.15, 0.2) is 30.4 Å². The molecule has 98 valence electrons. The molecule has 1 nitrogen and oxygen atoms in total. The maximum atomic E-state index is 6.62. The van der Waals surface area contributed by atoms with Gasteiger partial charge in [0.25, 0.3) is 0 Å². The van der Waals surface area contributed by atoms with Gasteiger partial charge in [0, 0.05) is 19.8 Å². The van der Waals surface area contributed by atoms with E-state index < -0.39 is 0 Å². The van der Waals surface area contributed by atoms with E-state index in [-0.39, 0.29) is 17.8 Å². The lowest BCUT2D eigenvalue weighted by Crippen LogP contribution is -2.25. The molecule has 2 bridgehead atoms. The van der Waals surface area contributed by atoms with Crippen LogP contribution in [-0.2, 0) is 0 Å². The van der Waals surface area contributed by atoms with Crippen LogP contribution in [0.25, 0.3) is 0 Å². The number of fused-ring (bicyclic) bond motifs is 4. The number of rotatable bonds is 1. The van der Waals surface area contributed by atoms with Crippen LogP contribution in [0.1, 0.15) is 35.3 Å². The predicted molar refractivity (Wildman–Crippen MR) is 81.2 cm³/mol. The van der Waals surface area contributed by atoms with E-state index in [1.165, 1.54) is 23.2 Å². The van der Waals surface area contributed by atoms with Crippen LogP contribution in [0.4, 0.5) is 5.69 Å². The molecule has 0 amide bonds. The Morgan fingerprint density at radius 3 is 2.78 bits per heavy atom. The topological polar surface area (TPSA) is 3.24 Å². The third-order valence-corrected chi connectivity index (χ3v) is 4.60. The molecule has 3 atom stereocenters. The largest absolute Gasteiger partial charge is 0.377 e. The van der Waals surface area contributed by atoms with E-state index in [0.717, 1.165) is 6.42 Å². The third-order valence-electron chi connectivity index (χ3n) is 4.04. The number of nitrogens with zero attached hydrogens (tertiary/aromatic N) is 1. The molecule has 18 heavy (non-hydrogen) atoms. The first-order chi connectivity index (χ1) is 8.18. The van der Waals surface area contributed by atoms with E-state index in [1.807, 2.05) is 0 Å². The second-order valence-corrected chi connectivity index (χ2v) is 5.81. The average molecular weight is 284 g/mol. The van der Waals surface area contributed by atoms with Crippen molar-refractivity contribution in [3.63, 3.8) is 0 Å². The van der Waals surface area contributed by atoms with Gasteiger partial charge in [-0.3, -0.25) is 0 Å². The van der Waals surface area contributed by atoms with E-state index in [9.17, 15) is 0 Å². The Morgan fingerprint density at radius 2 is 2.06 bits per heavy atom. The highest BCUT2D eigenvalue weighted by atomic mass is 35.5. The van der Waals surface area contributed by atoms with Crippen molar-refractivity contribution in [2.45, 2.75) is 24.1 Å². The molecular weight excluding hydrogens is 265 g/mol. The van der Waals surface area contributed by atoms with Crippen molar-refractivity contribution in [1.82, 2.24) is 0 Å². The number of allylic oxidation sites excluding steroid dienone is 2. The van der Waals surface area contributed by atoms with Crippen molar-refractivity contribution in [2.75, 3.05) is 19.0 Å². The van der Waals surface area contributed by atoms with Gasteiger partial charge in [-0.25, -0.2) is 0 Å². The lowest BCUT2D eigenvalue weighted by Gasteiger charge is -2.38. The summed E-state index contributed by atoms with van der Waals surface area (Å²) in [6, 6.07) is 6.55. The van der Waals surface area contributed by atoms with Gasteiger partial charge in [-0.05, 0) is 41.9 Å². The summed E-state index contributed by atoms with van der Waals surface area (Å²) in [5, 5.41) is 0.151. The fourth-order valence-corrected chi connectivity index (χ4v) is 3.63. The van der Waals surface area contributed by atoms with Crippen LogP contribution in [0.2, 0.25) is 0 Å². The molecule has 1 aromatic carbocycles. The Hall–Kier alpha value is -0.660. The third kappa shape index (κ3) is 2.04. The number of anilines is 1. The predicted octanol–water partition coefficient (Wildman–Crippen LogP) is 4.52. The van der Waals surface area contributed by atoms with Crippen LogP contribution in [0.5, 0.6) is 0 Å². The molecule has 2 aliphatic carbocycles. The molecule has 0 aliphatic heterocycles. The minimum Gasteiger partial charge on any atom is -0.377 e. The van der Waals surface area contributed by atoms with Gasteiger partial charge >= 0.3 is 0 Å². The Balaban J connectivity index is 0.00000120. The molecule has 0 spiro atoms. The first-order valence-corrected chi connectivity index (χ1v) is 6.73. The summed E-state index contributed by atoms with van der Waals surface area (Å²) in [4.78, 5) is 2.21. The molecule has 0 aromatic heterocycles. The Morgan fingerprint density at radius 1 is 1.28 bits per heavy atom. The second kappa shape index (κ2) is 5.14. The maximum absolute atomic E-state index is 6.62. The molecule has 0 saturated heterocycles. The van der Waals surface area contributed by atoms with Crippen molar-refractivity contribution in [2.24, 2.45) is 5.92 Å². The summed E-state index contributed by atoms with van der Waals surface area (Å²) >= 11 is 6.62. The fourth-order valence-electron chi connectivity index (χ4n) is 3.25. The highest BCUT2D eigenvalue weighted by Crippen LogP contribution is 2.51. The smallest absolute Gasteiger partial charge is 0.0651 e. The molecule has 0 fully saturated rings. The summed E-state index contributed by atoms with van der Waals surface area (Å²) < 4.78 is 0. The number of benzene rings is 1. The molecule has 1 aromatic rings. The van der Waals surface area contributed by atoms with Crippen LogP contribution >= 0.6 is 24.0 Å². The normalized spacial score (nSPS) is 28.3. The highest BCUT2D eigenvalue weighted by Gasteiger charge is 2.35. The van der Waals surface area contributed by atoms with Crippen LogP contribution in [-0.4, -0.2) is 14.1 Å². The Bertz CT molecular complexity index is 468. The Labute approximate surface area is 120 Å². The molecule has 0 radical (unpaired) electrons.